The van der Waals surface area contributed by atoms with Crippen molar-refractivity contribution in [1.29, 1.82) is 0 Å². The third-order valence-corrected chi connectivity index (χ3v) is 6.44. The topological polar surface area (TPSA) is 74.3 Å². The molecule has 0 saturated carbocycles. The highest BCUT2D eigenvalue weighted by Gasteiger charge is 2.74. The number of para-hydroxylation sites is 2. The molecule has 144 valence electrons. The van der Waals surface area contributed by atoms with Crippen molar-refractivity contribution < 1.29 is 19.7 Å². The summed E-state index contributed by atoms with van der Waals surface area (Å²) in [6, 6.07) is 16.1. The first-order valence-corrected chi connectivity index (χ1v) is 9.66. The van der Waals surface area contributed by atoms with Crippen LogP contribution in [0.25, 0.3) is 0 Å². The lowest BCUT2D eigenvalue weighted by atomic mass is 9.76. The first-order valence-electron chi connectivity index (χ1n) is 9.66. The van der Waals surface area contributed by atoms with Gasteiger partial charge in [0.2, 0.25) is 17.4 Å². The van der Waals surface area contributed by atoms with Gasteiger partial charge in [0.05, 0.1) is 24.0 Å². The molecular formula is C23H20N3O3+. The second kappa shape index (κ2) is 6.03. The molecule has 2 N–H and O–H groups in total. The average molecular weight is 386 g/mol. The number of terminal acetylenes is 1. The average Bonchev–Trinajstić information content (AvgIpc) is 3.27. The Morgan fingerprint density at radius 2 is 1.72 bits per heavy atom. The minimum absolute atomic E-state index is 0.127. The molecule has 2 aromatic rings. The Labute approximate surface area is 168 Å². The van der Waals surface area contributed by atoms with Gasteiger partial charge in [-0.15, -0.1) is 6.42 Å². The SMILES string of the molecule is C#CCN1C(=O)[C@]2([NH2+][C@@H](C)[C@H]3C(=O)N(c4ccccc4)C(=O)[C@H]32)c2ccccc21. The molecule has 0 unspecified atom stereocenters. The summed E-state index contributed by atoms with van der Waals surface area (Å²) in [5.41, 5.74) is 0.862. The number of amides is 3. The molecule has 5 rings (SSSR count). The first kappa shape index (κ1) is 17.7. The monoisotopic (exact) mass is 386 g/mol. The second-order valence-corrected chi connectivity index (χ2v) is 7.86. The molecule has 0 aliphatic carbocycles. The molecular weight excluding hydrogens is 366 g/mol. The number of nitrogens with two attached hydrogens (primary N) is 1. The normalized spacial score (nSPS) is 30.1. The van der Waals surface area contributed by atoms with E-state index in [4.69, 9.17) is 6.42 Å². The highest BCUT2D eigenvalue weighted by Crippen LogP contribution is 2.51. The van der Waals surface area contributed by atoms with Gasteiger partial charge in [-0.3, -0.25) is 19.3 Å². The van der Waals surface area contributed by atoms with Gasteiger partial charge in [-0.25, -0.2) is 4.90 Å². The first-order chi connectivity index (χ1) is 14.0. The van der Waals surface area contributed by atoms with Crippen LogP contribution in [0.4, 0.5) is 11.4 Å². The van der Waals surface area contributed by atoms with Gasteiger partial charge >= 0.3 is 0 Å². The number of carbonyl (C=O) groups is 3. The summed E-state index contributed by atoms with van der Waals surface area (Å²) in [7, 11) is 0. The lowest BCUT2D eigenvalue weighted by Gasteiger charge is -2.26. The van der Waals surface area contributed by atoms with Gasteiger partial charge in [0.25, 0.3) is 5.91 Å². The van der Waals surface area contributed by atoms with Crippen LogP contribution in [0.3, 0.4) is 0 Å². The molecule has 3 heterocycles. The van der Waals surface area contributed by atoms with E-state index in [-0.39, 0.29) is 30.3 Å². The van der Waals surface area contributed by atoms with Crippen LogP contribution in [0, 0.1) is 24.2 Å². The predicted octanol–water partition coefficient (Wildman–Crippen LogP) is 0.633. The van der Waals surface area contributed by atoms with Crippen LogP contribution < -0.4 is 15.1 Å². The van der Waals surface area contributed by atoms with E-state index >= 15 is 0 Å². The van der Waals surface area contributed by atoms with Crippen LogP contribution in [0.5, 0.6) is 0 Å². The van der Waals surface area contributed by atoms with Crippen LogP contribution in [0.1, 0.15) is 12.5 Å². The van der Waals surface area contributed by atoms with E-state index < -0.39 is 17.4 Å². The smallest absolute Gasteiger partial charge is 0.295 e. The fourth-order valence-corrected chi connectivity index (χ4v) is 5.37. The minimum atomic E-state index is -1.16. The minimum Gasteiger partial charge on any atom is -0.326 e. The summed E-state index contributed by atoms with van der Waals surface area (Å²) in [5, 5.41) is 1.90. The molecule has 2 aromatic carbocycles. The fraction of sp³-hybridized carbons (Fsp3) is 0.261. The van der Waals surface area contributed by atoms with Gasteiger partial charge in [0, 0.05) is 5.56 Å². The van der Waals surface area contributed by atoms with E-state index in [1.165, 1.54) is 4.90 Å². The summed E-state index contributed by atoms with van der Waals surface area (Å²) in [5.74, 6) is 0.435. The number of anilines is 2. The van der Waals surface area contributed by atoms with Crippen molar-refractivity contribution in [1.82, 2.24) is 0 Å². The van der Waals surface area contributed by atoms with E-state index in [2.05, 4.69) is 5.92 Å². The molecule has 2 fully saturated rings. The van der Waals surface area contributed by atoms with Crippen LogP contribution in [0.2, 0.25) is 0 Å². The Bertz CT molecular complexity index is 1090. The quantitative estimate of drug-likeness (QED) is 0.608. The summed E-state index contributed by atoms with van der Waals surface area (Å²) in [4.78, 5) is 43.4. The molecule has 1 spiro atoms. The number of quaternary nitrogens is 1. The van der Waals surface area contributed by atoms with Crippen molar-refractivity contribution in [2.45, 2.75) is 18.5 Å². The van der Waals surface area contributed by atoms with Crippen molar-refractivity contribution in [3.63, 3.8) is 0 Å². The molecule has 3 amide bonds. The molecule has 0 aromatic heterocycles. The summed E-state index contributed by atoms with van der Waals surface area (Å²) >= 11 is 0. The number of rotatable bonds is 2. The highest BCUT2D eigenvalue weighted by atomic mass is 16.2. The van der Waals surface area contributed by atoms with E-state index in [1.807, 2.05) is 42.6 Å². The van der Waals surface area contributed by atoms with Gasteiger partial charge in [-0.1, -0.05) is 42.3 Å². The highest BCUT2D eigenvalue weighted by molar-refractivity contribution is 6.25. The van der Waals surface area contributed by atoms with Crippen molar-refractivity contribution in [2.24, 2.45) is 11.8 Å². The van der Waals surface area contributed by atoms with Crippen LogP contribution in [-0.4, -0.2) is 30.3 Å². The summed E-state index contributed by atoms with van der Waals surface area (Å²) in [6.45, 7) is 2.04. The Balaban J connectivity index is 1.69. The van der Waals surface area contributed by atoms with Crippen LogP contribution in [-0.2, 0) is 19.9 Å². The number of hydrogen-bond donors (Lipinski definition) is 1. The fourth-order valence-electron chi connectivity index (χ4n) is 5.37. The zero-order valence-corrected chi connectivity index (χ0v) is 15.9. The molecule has 29 heavy (non-hydrogen) atoms. The number of benzene rings is 2. The maximum atomic E-state index is 13.7. The lowest BCUT2D eigenvalue weighted by molar-refractivity contribution is -0.730. The standard InChI is InChI=1S/C23H19N3O3/c1-3-13-25-17-12-8-7-11-16(17)23(22(25)29)19-18(14(2)24-23)20(27)26(21(19)28)15-9-5-4-6-10-15/h1,4-12,14,18-19,24H,13H2,2H3/p+1/t14-,18+,19-,23-/m0/s1. The van der Waals surface area contributed by atoms with Crippen molar-refractivity contribution in [2.75, 3.05) is 16.3 Å². The Morgan fingerprint density at radius 3 is 2.45 bits per heavy atom. The zero-order chi connectivity index (χ0) is 20.3. The zero-order valence-electron chi connectivity index (χ0n) is 15.9. The lowest BCUT2D eigenvalue weighted by Crippen LogP contribution is -2.98. The largest absolute Gasteiger partial charge is 0.326 e. The molecule has 2 saturated heterocycles. The third kappa shape index (κ3) is 2.08. The summed E-state index contributed by atoms with van der Waals surface area (Å²) < 4.78 is 0. The number of hydrogen-bond acceptors (Lipinski definition) is 3. The molecule has 3 aliphatic heterocycles. The third-order valence-electron chi connectivity index (χ3n) is 6.44. The Kier molecular flexibility index (Phi) is 3.67. The van der Waals surface area contributed by atoms with Crippen molar-refractivity contribution in [3.05, 3.63) is 60.2 Å². The van der Waals surface area contributed by atoms with E-state index in [0.717, 1.165) is 11.3 Å². The molecule has 6 heteroatoms. The van der Waals surface area contributed by atoms with Crippen LogP contribution >= 0.6 is 0 Å². The second-order valence-electron chi connectivity index (χ2n) is 7.86. The van der Waals surface area contributed by atoms with E-state index in [1.54, 1.807) is 29.2 Å². The van der Waals surface area contributed by atoms with E-state index in [0.29, 0.717) is 5.69 Å². The van der Waals surface area contributed by atoms with E-state index in [9.17, 15) is 14.4 Å². The molecule has 3 aliphatic rings. The van der Waals surface area contributed by atoms with Crippen molar-refractivity contribution >= 4 is 29.1 Å². The van der Waals surface area contributed by atoms with Crippen molar-refractivity contribution in [3.8, 4) is 12.3 Å². The molecule has 4 atom stereocenters. The Hall–Kier alpha value is -3.43. The molecule has 6 nitrogen and oxygen atoms in total. The van der Waals surface area contributed by atoms with Gasteiger partial charge < -0.3 is 5.32 Å². The number of carbonyl (C=O) groups excluding carboxylic acids is 3. The predicted molar refractivity (Wildman–Crippen MR) is 107 cm³/mol. The van der Waals surface area contributed by atoms with Gasteiger partial charge in [0.15, 0.2) is 0 Å². The molecule has 0 radical (unpaired) electrons. The Morgan fingerprint density at radius 1 is 1.03 bits per heavy atom. The number of imide groups is 1. The molecule has 0 bridgehead atoms. The van der Waals surface area contributed by atoms with Gasteiger partial charge in [-0.2, -0.15) is 0 Å². The van der Waals surface area contributed by atoms with Gasteiger partial charge in [0.1, 0.15) is 11.8 Å². The maximum Gasteiger partial charge on any atom is 0.295 e. The maximum absolute atomic E-state index is 13.7. The summed E-state index contributed by atoms with van der Waals surface area (Å²) in [6.07, 6.45) is 5.51. The van der Waals surface area contributed by atoms with Gasteiger partial charge in [-0.05, 0) is 25.1 Å². The number of fused-ring (bicyclic) bond motifs is 4. The van der Waals surface area contributed by atoms with Crippen LogP contribution in [0.15, 0.2) is 54.6 Å². The number of nitrogens with zero attached hydrogens (tertiary/aromatic N) is 2.